The summed E-state index contributed by atoms with van der Waals surface area (Å²) in [5, 5.41) is 0. The number of hydrogen-bond acceptors (Lipinski definition) is 1. The van der Waals surface area contributed by atoms with Gasteiger partial charge in [0, 0.05) is 0 Å². The fraction of sp³-hybridized carbons (Fsp3) is 0.385. The Balaban J connectivity index is 2.42. The van der Waals surface area contributed by atoms with E-state index in [2.05, 4.69) is 11.3 Å². The maximum absolute atomic E-state index is 11.9. The Hall–Kier alpha value is -1.45. The molecule has 1 nitrogen and oxygen atoms in total. The molecule has 1 rings (SSSR count). The zero-order valence-corrected chi connectivity index (χ0v) is 9.46. The van der Waals surface area contributed by atoms with E-state index >= 15 is 0 Å². The zero-order valence-electron chi connectivity index (χ0n) is 9.46. The van der Waals surface area contributed by atoms with Crippen molar-refractivity contribution in [1.29, 1.82) is 0 Å². The Morgan fingerprint density at radius 3 is 2.29 bits per heavy atom. The van der Waals surface area contributed by atoms with Crippen LogP contribution < -0.4 is 4.74 Å². The number of benzene rings is 1. The van der Waals surface area contributed by atoms with Crippen LogP contribution in [0.3, 0.4) is 0 Å². The van der Waals surface area contributed by atoms with Gasteiger partial charge in [-0.25, -0.2) is 0 Å². The first kappa shape index (κ1) is 13.6. The molecular formula is C13H15F3O. The number of alkyl halides is 3. The monoisotopic (exact) mass is 244 g/mol. The van der Waals surface area contributed by atoms with E-state index in [0.717, 1.165) is 31.2 Å². The van der Waals surface area contributed by atoms with Gasteiger partial charge in [-0.15, -0.1) is 19.8 Å². The summed E-state index contributed by atoms with van der Waals surface area (Å²) in [6.07, 6.45) is 1.12. The summed E-state index contributed by atoms with van der Waals surface area (Å²) in [5.41, 5.74) is 1.02. The molecule has 0 aliphatic rings. The molecule has 17 heavy (non-hydrogen) atoms. The fourth-order valence-corrected chi connectivity index (χ4v) is 1.48. The van der Waals surface area contributed by atoms with Gasteiger partial charge in [0.1, 0.15) is 5.75 Å². The van der Waals surface area contributed by atoms with Gasteiger partial charge in [0.15, 0.2) is 0 Å². The lowest BCUT2D eigenvalue weighted by Crippen LogP contribution is -2.17. The predicted molar refractivity (Wildman–Crippen MR) is 60.9 cm³/mol. The summed E-state index contributed by atoms with van der Waals surface area (Å²) < 4.78 is 39.5. The number of unbranched alkanes of at least 4 members (excludes halogenated alkanes) is 2. The second kappa shape index (κ2) is 6.33. The molecule has 0 atom stereocenters. The van der Waals surface area contributed by atoms with Crippen molar-refractivity contribution in [3.63, 3.8) is 0 Å². The van der Waals surface area contributed by atoms with Crippen molar-refractivity contribution in [2.75, 3.05) is 0 Å². The van der Waals surface area contributed by atoms with Crippen LogP contribution >= 0.6 is 0 Å². The van der Waals surface area contributed by atoms with Gasteiger partial charge >= 0.3 is 6.36 Å². The molecule has 0 heterocycles. The SMILES string of the molecule is C=CCCCCc1ccc(OC(F)(F)F)cc1. The molecule has 0 fully saturated rings. The van der Waals surface area contributed by atoms with Crippen molar-refractivity contribution in [1.82, 2.24) is 0 Å². The Bertz CT molecular complexity index is 341. The smallest absolute Gasteiger partial charge is 0.406 e. The van der Waals surface area contributed by atoms with Gasteiger partial charge in [0.2, 0.25) is 0 Å². The quantitative estimate of drug-likeness (QED) is 0.529. The third-order valence-corrected chi connectivity index (χ3v) is 2.28. The number of allylic oxidation sites excluding steroid dienone is 1. The van der Waals surface area contributed by atoms with Crippen LogP contribution in [0.1, 0.15) is 24.8 Å². The Labute approximate surface area is 98.9 Å². The van der Waals surface area contributed by atoms with Crippen molar-refractivity contribution in [3.8, 4) is 5.75 Å². The first-order chi connectivity index (χ1) is 8.01. The van der Waals surface area contributed by atoms with E-state index in [4.69, 9.17) is 0 Å². The van der Waals surface area contributed by atoms with E-state index in [-0.39, 0.29) is 5.75 Å². The molecule has 0 aromatic heterocycles. The first-order valence-corrected chi connectivity index (χ1v) is 5.47. The molecule has 94 valence electrons. The van der Waals surface area contributed by atoms with Crippen LogP contribution in [0, 0.1) is 0 Å². The summed E-state index contributed by atoms with van der Waals surface area (Å²) in [4.78, 5) is 0. The predicted octanol–water partition coefficient (Wildman–Crippen LogP) is 4.48. The minimum absolute atomic E-state index is 0.174. The molecule has 0 saturated carbocycles. The van der Waals surface area contributed by atoms with Crippen LogP contribution in [-0.2, 0) is 6.42 Å². The molecular weight excluding hydrogens is 229 g/mol. The lowest BCUT2D eigenvalue weighted by atomic mass is 10.1. The van der Waals surface area contributed by atoms with Gasteiger partial charge in [-0.2, -0.15) is 0 Å². The third-order valence-electron chi connectivity index (χ3n) is 2.28. The average Bonchev–Trinajstić information content (AvgIpc) is 2.25. The minimum atomic E-state index is -4.62. The number of rotatable bonds is 6. The van der Waals surface area contributed by atoms with Crippen molar-refractivity contribution >= 4 is 0 Å². The van der Waals surface area contributed by atoms with Crippen molar-refractivity contribution in [3.05, 3.63) is 42.5 Å². The summed E-state index contributed by atoms with van der Waals surface area (Å²) in [6.45, 7) is 3.63. The molecule has 0 unspecified atom stereocenters. The first-order valence-electron chi connectivity index (χ1n) is 5.47. The van der Waals surface area contributed by atoms with E-state index in [0.29, 0.717) is 0 Å². The van der Waals surface area contributed by atoms with E-state index in [1.165, 1.54) is 12.1 Å². The van der Waals surface area contributed by atoms with Crippen LogP contribution in [0.5, 0.6) is 5.75 Å². The van der Waals surface area contributed by atoms with Gasteiger partial charge in [0.25, 0.3) is 0 Å². The Morgan fingerprint density at radius 2 is 1.76 bits per heavy atom. The topological polar surface area (TPSA) is 9.23 Å². The van der Waals surface area contributed by atoms with Crippen LogP contribution in [0.4, 0.5) is 13.2 Å². The summed E-state index contributed by atoms with van der Waals surface area (Å²) in [5.74, 6) is -0.174. The highest BCUT2D eigenvalue weighted by molar-refractivity contribution is 5.27. The molecule has 0 spiro atoms. The lowest BCUT2D eigenvalue weighted by Gasteiger charge is -2.09. The molecule has 0 saturated heterocycles. The van der Waals surface area contributed by atoms with Crippen LogP contribution in [0.2, 0.25) is 0 Å². The highest BCUT2D eigenvalue weighted by Crippen LogP contribution is 2.23. The maximum Gasteiger partial charge on any atom is 0.573 e. The van der Waals surface area contributed by atoms with E-state index < -0.39 is 6.36 Å². The Kier molecular flexibility index (Phi) is 5.07. The van der Waals surface area contributed by atoms with Gasteiger partial charge < -0.3 is 4.74 Å². The molecule has 0 N–H and O–H groups in total. The highest BCUT2D eigenvalue weighted by atomic mass is 19.4. The minimum Gasteiger partial charge on any atom is -0.406 e. The molecule has 0 bridgehead atoms. The van der Waals surface area contributed by atoms with Gasteiger partial charge in [-0.3, -0.25) is 0 Å². The number of aryl methyl sites for hydroxylation is 1. The largest absolute Gasteiger partial charge is 0.573 e. The lowest BCUT2D eigenvalue weighted by molar-refractivity contribution is -0.274. The molecule has 0 aliphatic carbocycles. The van der Waals surface area contributed by atoms with Gasteiger partial charge in [0.05, 0.1) is 0 Å². The molecule has 1 aromatic carbocycles. The number of ether oxygens (including phenoxy) is 1. The summed E-state index contributed by atoms with van der Waals surface area (Å²) in [6, 6.07) is 6.01. The molecule has 0 amide bonds. The van der Waals surface area contributed by atoms with E-state index in [9.17, 15) is 13.2 Å². The van der Waals surface area contributed by atoms with Crippen molar-refractivity contribution < 1.29 is 17.9 Å². The number of hydrogen-bond donors (Lipinski definition) is 0. The van der Waals surface area contributed by atoms with Crippen LogP contribution in [0.25, 0.3) is 0 Å². The number of halogens is 3. The highest BCUT2D eigenvalue weighted by Gasteiger charge is 2.30. The maximum atomic E-state index is 11.9. The van der Waals surface area contributed by atoms with E-state index in [1.54, 1.807) is 12.1 Å². The van der Waals surface area contributed by atoms with Crippen LogP contribution in [0.15, 0.2) is 36.9 Å². The molecule has 1 aromatic rings. The second-order valence-corrected chi connectivity index (χ2v) is 3.73. The standard InChI is InChI=1S/C13H15F3O/c1-2-3-4-5-6-11-7-9-12(10-8-11)17-13(14,15)16/h2,7-10H,1,3-6H2. The van der Waals surface area contributed by atoms with Crippen molar-refractivity contribution in [2.24, 2.45) is 0 Å². The Morgan fingerprint density at radius 1 is 1.12 bits per heavy atom. The van der Waals surface area contributed by atoms with E-state index in [1.807, 2.05) is 6.08 Å². The molecule has 0 aliphatic heterocycles. The normalized spacial score (nSPS) is 11.2. The summed E-state index contributed by atoms with van der Waals surface area (Å²) in [7, 11) is 0. The summed E-state index contributed by atoms with van der Waals surface area (Å²) >= 11 is 0. The van der Waals surface area contributed by atoms with Crippen LogP contribution in [-0.4, -0.2) is 6.36 Å². The van der Waals surface area contributed by atoms with Crippen molar-refractivity contribution in [2.45, 2.75) is 32.0 Å². The van der Waals surface area contributed by atoms with Gasteiger partial charge in [-0.1, -0.05) is 18.2 Å². The third kappa shape index (κ3) is 6.00. The molecule has 0 radical (unpaired) electrons. The van der Waals surface area contributed by atoms with Gasteiger partial charge in [-0.05, 0) is 43.4 Å². The molecule has 4 heteroatoms. The average molecular weight is 244 g/mol. The second-order valence-electron chi connectivity index (χ2n) is 3.73. The zero-order chi connectivity index (χ0) is 12.7. The fourth-order valence-electron chi connectivity index (χ4n) is 1.48.